The second-order valence-corrected chi connectivity index (χ2v) is 5.50. The first-order chi connectivity index (χ1) is 11.1. The summed E-state index contributed by atoms with van der Waals surface area (Å²) >= 11 is 5.83. The van der Waals surface area contributed by atoms with Crippen molar-refractivity contribution in [2.24, 2.45) is 0 Å². The van der Waals surface area contributed by atoms with Gasteiger partial charge < -0.3 is 9.84 Å². The fraction of sp³-hybridized carbons (Fsp3) is 0.118. The van der Waals surface area contributed by atoms with Gasteiger partial charge in [0.1, 0.15) is 0 Å². The lowest BCUT2D eigenvalue weighted by Crippen LogP contribution is -2.14. The molecule has 0 bridgehead atoms. The molecule has 6 heteroatoms. The first-order valence-electron chi connectivity index (χ1n) is 7.05. The highest BCUT2D eigenvalue weighted by Gasteiger charge is 2.07. The molecule has 3 aromatic rings. The number of rotatable bonds is 4. The standard InChI is InChI=1S/C17H14ClN3O2/c1-11-19-17(21-23-11)13-4-8-15(9-5-13)20-16(22)10-12-2-6-14(18)7-3-12/h2-9H,10H2,1H3,(H,20,22). The van der Waals surface area contributed by atoms with Gasteiger partial charge in [-0.2, -0.15) is 4.98 Å². The van der Waals surface area contributed by atoms with Crippen LogP contribution in [0.15, 0.2) is 53.1 Å². The van der Waals surface area contributed by atoms with E-state index in [4.69, 9.17) is 16.1 Å². The topological polar surface area (TPSA) is 68.0 Å². The van der Waals surface area contributed by atoms with Crippen LogP contribution in [0.1, 0.15) is 11.5 Å². The smallest absolute Gasteiger partial charge is 0.228 e. The molecule has 1 heterocycles. The minimum absolute atomic E-state index is 0.0875. The summed E-state index contributed by atoms with van der Waals surface area (Å²) in [5.74, 6) is 0.956. The van der Waals surface area contributed by atoms with Crippen molar-refractivity contribution in [3.8, 4) is 11.4 Å². The van der Waals surface area contributed by atoms with Gasteiger partial charge in [-0.1, -0.05) is 28.9 Å². The minimum atomic E-state index is -0.0875. The second-order valence-electron chi connectivity index (χ2n) is 5.07. The van der Waals surface area contributed by atoms with Gasteiger partial charge in [0.25, 0.3) is 0 Å². The Labute approximate surface area is 138 Å². The number of nitrogens with one attached hydrogen (secondary N) is 1. The molecule has 1 N–H and O–H groups in total. The third-order valence-electron chi connectivity index (χ3n) is 3.23. The van der Waals surface area contributed by atoms with E-state index in [1.807, 2.05) is 24.3 Å². The highest BCUT2D eigenvalue weighted by molar-refractivity contribution is 6.30. The van der Waals surface area contributed by atoms with Crippen LogP contribution in [0.5, 0.6) is 0 Å². The first kappa shape index (κ1) is 15.2. The lowest BCUT2D eigenvalue weighted by Gasteiger charge is -2.06. The monoisotopic (exact) mass is 327 g/mol. The molecular formula is C17H14ClN3O2. The van der Waals surface area contributed by atoms with Crippen LogP contribution in [-0.4, -0.2) is 16.0 Å². The molecule has 0 unspecified atom stereocenters. The number of anilines is 1. The Morgan fingerprint density at radius 1 is 1.13 bits per heavy atom. The Morgan fingerprint density at radius 3 is 2.43 bits per heavy atom. The van der Waals surface area contributed by atoms with E-state index >= 15 is 0 Å². The zero-order valence-electron chi connectivity index (χ0n) is 12.4. The third-order valence-corrected chi connectivity index (χ3v) is 3.48. The molecule has 0 aliphatic heterocycles. The van der Waals surface area contributed by atoms with Crippen LogP contribution in [0.25, 0.3) is 11.4 Å². The predicted octanol–water partition coefficient (Wildman–Crippen LogP) is 3.88. The van der Waals surface area contributed by atoms with Crippen LogP contribution in [0.2, 0.25) is 5.02 Å². The number of aryl methyl sites for hydroxylation is 1. The number of benzene rings is 2. The first-order valence-corrected chi connectivity index (χ1v) is 7.43. The summed E-state index contributed by atoms with van der Waals surface area (Å²) in [6.45, 7) is 1.74. The van der Waals surface area contributed by atoms with Gasteiger partial charge in [0.05, 0.1) is 6.42 Å². The number of aromatic nitrogens is 2. The van der Waals surface area contributed by atoms with Crippen molar-refractivity contribution in [1.29, 1.82) is 0 Å². The molecule has 1 amide bonds. The molecule has 23 heavy (non-hydrogen) atoms. The maximum absolute atomic E-state index is 12.0. The van der Waals surface area contributed by atoms with E-state index in [-0.39, 0.29) is 5.91 Å². The van der Waals surface area contributed by atoms with Gasteiger partial charge in [-0.3, -0.25) is 4.79 Å². The molecule has 2 aromatic carbocycles. The lowest BCUT2D eigenvalue weighted by atomic mass is 10.1. The molecule has 0 saturated carbocycles. The van der Waals surface area contributed by atoms with E-state index in [1.54, 1.807) is 31.2 Å². The second kappa shape index (κ2) is 6.62. The number of nitrogens with zero attached hydrogens (tertiary/aromatic N) is 2. The van der Waals surface area contributed by atoms with Crippen molar-refractivity contribution in [2.75, 3.05) is 5.32 Å². The normalized spacial score (nSPS) is 10.5. The summed E-state index contributed by atoms with van der Waals surface area (Å²) in [5.41, 5.74) is 2.45. The molecule has 0 saturated heterocycles. The van der Waals surface area contributed by atoms with Crippen LogP contribution < -0.4 is 5.32 Å². The SMILES string of the molecule is Cc1nc(-c2ccc(NC(=O)Cc3ccc(Cl)cc3)cc2)no1. The Bertz CT molecular complexity index is 811. The van der Waals surface area contributed by atoms with E-state index in [0.29, 0.717) is 28.8 Å². The van der Waals surface area contributed by atoms with Crippen molar-refractivity contribution in [3.63, 3.8) is 0 Å². The number of carbonyl (C=O) groups excluding carboxylic acids is 1. The van der Waals surface area contributed by atoms with Crippen LogP contribution >= 0.6 is 11.6 Å². The summed E-state index contributed by atoms with van der Waals surface area (Å²) in [5, 5.41) is 7.36. The highest BCUT2D eigenvalue weighted by Crippen LogP contribution is 2.19. The quantitative estimate of drug-likeness (QED) is 0.789. The average Bonchev–Trinajstić information content (AvgIpc) is 2.97. The summed E-state index contributed by atoms with van der Waals surface area (Å²) < 4.78 is 4.95. The van der Waals surface area contributed by atoms with Crippen LogP contribution in [0.4, 0.5) is 5.69 Å². The van der Waals surface area contributed by atoms with E-state index < -0.39 is 0 Å². The van der Waals surface area contributed by atoms with Gasteiger partial charge in [-0.15, -0.1) is 0 Å². The predicted molar refractivity (Wildman–Crippen MR) is 88.3 cm³/mol. The van der Waals surface area contributed by atoms with Crippen molar-refractivity contribution in [3.05, 3.63) is 65.0 Å². The molecule has 3 rings (SSSR count). The highest BCUT2D eigenvalue weighted by atomic mass is 35.5. The Kier molecular flexibility index (Phi) is 4.39. The van der Waals surface area contributed by atoms with E-state index in [9.17, 15) is 4.79 Å². The summed E-state index contributed by atoms with van der Waals surface area (Å²) in [4.78, 5) is 16.2. The van der Waals surface area contributed by atoms with Crippen LogP contribution in [0.3, 0.4) is 0 Å². The number of amides is 1. The molecule has 0 radical (unpaired) electrons. The van der Waals surface area contributed by atoms with Gasteiger partial charge >= 0.3 is 0 Å². The lowest BCUT2D eigenvalue weighted by molar-refractivity contribution is -0.115. The third kappa shape index (κ3) is 3.96. The van der Waals surface area contributed by atoms with Gasteiger partial charge in [-0.25, -0.2) is 0 Å². The van der Waals surface area contributed by atoms with Gasteiger partial charge in [0.15, 0.2) is 0 Å². The molecule has 0 fully saturated rings. The molecule has 1 aromatic heterocycles. The number of carbonyl (C=O) groups is 1. The molecule has 0 aliphatic rings. The molecule has 0 aliphatic carbocycles. The maximum Gasteiger partial charge on any atom is 0.228 e. The molecule has 0 spiro atoms. The summed E-state index contributed by atoms with van der Waals surface area (Å²) in [7, 11) is 0. The van der Waals surface area contributed by atoms with Crippen molar-refractivity contribution >= 4 is 23.2 Å². The van der Waals surface area contributed by atoms with Crippen molar-refractivity contribution in [2.45, 2.75) is 13.3 Å². The van der Waals surface area contributed by atoms with Crippen LogP contribution in [-0.2, 0) is 11.2 Å². The summed E-state index contributed by atoms with van der Waals surface area (Å²) in [6, 6.07) is 14.5. The fourth-order valence-electron chi connectivity index (χ4n) is 2.11. The number of hydrogen-bond donors (Lipinski definition) is 1. The zero-order valence-corrected chi connectivity index (χ0v) is 13.2. The number of hydrogen-bond acceptors (Lipinski definition) is 4. The van der Waals surface area contributed by atoms with Gasteiger partial charge in [0, 0.05) is 23.2 Å². The largest absolute Gasteiger partial charge is 0.339 e. The Morgan fingerprint density at radius 2 is 1.83 bits per heavy atom. The Hall–Kier alpha value is -2.66. The maximum atomic E-state index is 12.0. The minimum Gasteiger partial charge on any atom is -0.339 e. The Balaban J connectivity index is 1.63. The van der Waals surface area contributed by atoms with E-state index in [1.165, 1.54) is 0 Å². The molecule has 5 nitrogen and oxygen atoms in total. The molecular weight excluding hydrogens is 314 g/mol. The fourth-order valence-corrected chi connectivity index (χ4v) is 2.24. The zero-order chi connectivity index (χ0) is 16.2. The van der Waals surface area contributed by atoms with Crippen LogP contribution in [0, 0.1) is 6.92 Å². The average molecular weight is 328 g/mol. The van der Waals surface area contributed by atoms with E-state index in [2.05, 4.69) is 15.5 Å². The molecule has 116 valence electrons. The van der Waals surface area contributed by atoms with Crippen molar-refractivity contribution in [1.82, 2.24) is 10.1 Å². The van der Waals surface area contributed by atoms with E-state index in [0.717, 1.165) is 11.1 Å². The van der Waals surface area contributed by atoms with Crippen molar-refractivity contribution < 1.29 is 9.32 Å². The molecule has 0 atom stereocenters. The summed E-state index contributed by atoms with van der Waals surface area (Å²) in [6.07, 6.45) is 0.295. The van der Waals surface area contributed by atoms with Gasteiger partial charge in [0.2, 0.25) is 17.6 Å². The van der Waals surface area contributed by atoms with Gasteiger partial charge in [-0.05, 0) is 42.0 Å². The number of halogens is 1.